The molecule has 0 saturated carbocycles. The van der Waals surface area contributed by atoms with Gasteiger partial charge in [0.15, 0.2) is 0 Å². The molecule has 0 saturated heterocycles. The van der Waals surface area contributed by atoms with E-state index in [1.165, 1.54) is 12.8 Å². The predicted molar refractivity (Wildman–Crippen MR) is 115 cm³/mol. The Labute approximate surface area is 171 Å². The van der Waals surface area contributed by atoms with Gasteiger partial charge in [0.1, 0.15) is 12.6 Å². The highest BCUT2D eigenvalue weighted by Gasteiger charge is 2.31. The van der Waals surface area contributed by atoms with E-state index in [2.05, 4.69) is 27.7 Å². The highest BCUT2D eigenvalue weighted by atomic mass is 16.5. The van der Waals surface area contributed by atoms with Gasteiger partial charge in [-0.1, -0.05) is 84.2 Å². The minimum atomic E-state index is -0.537. The zero-order chi connectivity index (χ0) is 21.1. The van der Waals surface area contributed by atoms with Gasteiger partial charge in [-0.3, -0.25) is 4.79 Å². The van der Waals surface area contributed by atoms with Crippen LogP contribution in [0.3, 0.4) is 0 Å². The number of esters is 1. The van der Waals surface area contributed by atoms with Crippen molar-refractivity contribution in [2.45, 2.75) is 79.4 Å². The van der Waals surface area contributed by atoms with Crippen molar-refractivity contribution in [1.82, 2.24) is 4.90 Å². The topological polar surface area (TPSA) is 46.6 Å². The van der Waals surface area contributed by atoms with E-state index in [-0.39, 0.29) is 24.4 Å². The number of ether oxygens (including phenoxy) is 1. The van der Waals surface area contributed by atoms with Crippen LogP contribution in [-0.2, 0) is 20.9 Å². The Morgan fingerprint density at radius 3 is 2.25 bits per heavy atom. The van der Waals surface area contributed by atoms with Crippen molar-refractivity contribution in [2.24, 2.45) is 17.8 Å². The summed E-state index contributed by atoms with van der Waals surface area (Å²) in [5.74, 6) is 0.433. The third-order valence-corrected chi connectivity index (χ3v) is 5.23. The maximum Gasteiger partial charge on any atom is 0.329 e. The number of likely N-dealkylation sites (N-methyl/N-ethyl adjacent to an activating group) is 1. The van der Waals surface area contributed by atoms with E-state index in [9.17, 15) is 9.59 Å². The molecular weight excluding hydrogens is 350 g/mol. The number of carbonyl (C=O) groups is 2. The van der Waals surface area contributed by atoms with Crippen LogP contribution < -0.4 is 0 Å². The summed E-state index contributed by atoms with van der Waals surface area (Å²) in [6.45, 7) is 10.7. The lowest BCUT2D eigenvalue weighted by Crippen LogP contribution is -2.46. The Kier molecular flexibility index (Phi) is 10.9. The number of amides is 1. The summed E-state index contributed by atoms with van der Waals surface area (Å²) >= 11 is 0. The van der Waals surface area contributed by atoms with Gasteiger partial charge < -0.3 is 9.64 Å². The van der Waals surface area contributed by atoms with Gasteiger partial charge in [0, 0.05) is 13.0 Å². The van der Waals surface area contributed by atoms with E-state index in [1.54, 1.807) is 11.9 Å². The van der Waals surface area contributed by atoms with Gasteiger partial charge in [0.2, 0.25) is 5.91 Å². The molecule has 4 heteroatoms. The Bertz CT molecular complexity index is 585. The summed E-state index contributed by atoms with van der Waals surface area (Å²) in [6, 6.07) is 9.10. The van der Waals surface area contributed by atoms with E-state index in [0.717, 1.165) is 18.4 Å². The Morgan fingerprint density at radius 1 is 1.04 bits per heavy atom. The molecule has 1 rings (SSSR count). The lowest BCUT2D eigenvalue weighted by Gasteiger charge is -2.30. The maximum atomic E-state index is 13.0. The Hall–Kier alpha value is -1.84. The van der Waals surface area contributed by atoms with E-state index in [1.807, 2.05) is 37.3 Å². The van der Waals surface area contributed by atoms with Crippen LogP contribution in [0.25, 0.3) is 0 Å². The van der Waals surface area contributed by atoms with Gasteiger partial charge in [0.25, 0.3) is 0 Å². The van der Waals surface area contributed by atoms with Gasteiger partial charge in [-0.05, 0) is 30.2 Å². The lowest BCUT2D eigenvalue weighted by molar-refractivity contribution is -0.157. The number of unbranched alkanes of at least 4 members (excludes halogenated alkanes) is 1. The number of nitrogens with zero attached hydrogens (tertiary/aromatic N) is 1. The third kappa shape index (κ3) is 8.45. The van der Waals surface area contributed by atoms with Crippen LogP contribution in [0.1, 0.15) is 72.3 Å². The van der Waals surface area contributed by atoms with Crippen LogP contribution in [-0.4, -0.2) is 29.9 Å². The molecule has 2 unspecified atom stereocenters. The van der Waals surface area contributed by atoms with Crippen LogP contribution in [0.15, 0.2) is 30.3 Å². The fourth-order valence-electron chi connectivity index (χ4n) is 3.56. The first kappa shape index (κ1) is 24.2. The molecule has 0 spiro atoms. The summed E-state index contributed by atoms with van der Waals surface area (Å²) in [6.07, 6.45) is 4.98. The van der Waals surface area contributed by atoms with Gasteiger partial charge in [0.05, 0.1) is 0 Å². The standard InChI is InChI=1S/C24H39NO3/c1-7-8-12-19(4)16-20(5)23(26)25(6)22(15-18(2)3)24(27)28-17-21-13-10-9-11-14-21/h9-11,13-14,18-20,22H,7-8,12,15-17H2,1-6H3/t19?,20?,22-/m0/s1. The second-order valence-electron chi connectivity index (χ2n) is 8.57. The number of rotatable bonds is 12. The summed E-state index contributed by atoms with van der Waals surface area (Å²) in [5.41, 5.74) is 0.950. The van der Waals surface area contributed by atoms with Crippen LogP contribution >= 0.6 is 0 Å². The molecule has 4 nitrogen and oxygen atoms in total. The minimum Gasteiger partial charge on any atom is -0.459 e. The molecule has 1 aromatic carbocycles. The second kappa shape index (κ2) is 12.6. The molecule has 0 radical (unpaired) electrons. The summed E-state index contributed by atoms with van der Waals surface area (Å²) in [4.78, 5) is 27.4. The summed E-state index contributed by atoms with van der Waals surface area (Å²) < 4.78 is 5.54. The molecule has 158 valence electrons. The molecule has 0 N–H and O–H groups in total. The Morgan fingerprint density at radius 2 is 1.68 bits per heavy atom. The zero-order valence-corrected chi connectivity index (χ0v) is 18.6. The van der Waals surface area contributed by atoms with Gasteiger partial charge >= 0.3 is 5.97 Å². The SMILES string of the molecule is CCCCC(C)CC(C)C(=O)N(C)[C@@H](CC(C)C)C(=O)OCc1ccccc1. The van der Waals surface area contributed by atoms with Crippen molar-refractivity contribution in [1.29, 1.82) is 0 Å². The first-order chi connectivity index (χ1) is 13.3. The van der Waals surface area contributed by atoms with Crippen LogP contribution in [0.4, 0.5) is 0 Å². The molecule has 1 aromatic rings. The summed E-state index contributed by atoms with van der Waals surface area (Å²) in [5, 5.41) is 0. The van der Waals surface area contributed by atoms with Crippen molar-refractivity contribution in [3.63, 3.8) is 0 Å². The first-order valence-electron chi connectivity index (χ1n) is 10.7. The van der Waals surface area contributed by atoms with Crippen LogP contribution in [0.2, 0.25) is 0 Å². The fraction of sp³-hybridized carbons (Fsp3) is 0.667. The van der Waals surface area contributed by atoms with Gasteiger partial charge in [-0.25, -0.2) is 4.79 Å². The molecule has 0 aromatic heterocycles. The number of carbonyl (C=O) groups excluding carboxylic acids is 2. The second-order valence-corrected chi connectivity index (χ2v) is 8.57. The average Bonchev–Trinajstić information content (AvgIpc) is 2.68. The van der Waals surface area contributed by atoms with Gasteiger partial charge in [-0.15, -0.1) is 0 Å². The highest BCUT2D eigenvalue weighted by Crippen LogP contribution is 2.22. The maximum absolute atomic E-state index is 13.0. The predicted octanol–water partition coefficient (Wildman–Crippen LogP) is 5.46. The molecule has 28 heavy (non-hydrogen) atoms. The number of hydrogen-bond donors (Lipinski definition) is 0. The van der Waals surface area contributed by atoms with Crippen molar-refractivity contribution in [2.75, 3.05) is 7.05 Å². The molecule has 0 heterocycles. The van der Waals surface area contributed by atoms with Crippen LogP contribution in [0, 0.1) is 17.8 Å². The average molecular weight is 390 g/mol. The molecular formula is C24H39NO3. The van der Waals surface area contributed by atoms with E-state index in [0.29, 0.717) is 18.3 Å². The quantitative estimate of drug-likeness (QED) is 0.446. The molecule has 0 bridgehead atoms. The number of hydrogen-bond acceptors (Lipinski definition) is 3. The molecule has 0 fully saturated rings. The van der Waals surface area contributed by atoms with E-state index in [4.69, 9.17) is 4.74 Å². The number of benzene rings is 1. The van der Waals surface area contributed by atoms with Crippen molar-refractivity contribution >= 4 is 11.9 Å². The molecule has 0 aliphatic carbocycles. The molecule has 3 atom stereocenters. The molecule has 1 amide bonds. The van der Waals surface area contributed by atoms with Crippen LogP contribution in [0.5, 0.6) is 0 Å². The van der Waals surface area contributed by atoms with Crippen molar-refractivity contribution in [3.8, 4) is 0 Å². The minimum absolute atomic E-state index is 0.0330. The normalized spacial score (nSPS) is 14.4. The highest BCUT2D eigenvalue weighted by molar-refractivity contribution is 5.85. The smallest absolute Gasteiger partial charge is 0.329 e. The molecule has 0 aliphatic rings. The monoisotopic (exact) mass is 389 g/mol. The van der Waals surface area contributed by atoms with E-state index >= 15 is 0 Å². The largest absolute Gasteiger partial charge is 0.459 e. The molecule has 0 aliphatic heterocycles. The van der Waals surface area contributed by atoms with Crippen molar-refractivity contribution < 1.29 is 14.3 Å². The van der Waals surface area contributed by atoms with E-state index < -0.39 is 6.04 Å². The third-order valence-electron chi connectivity index (χ3n) is 5.23. The summed E-state index contributed by atoms with van der Waals surface area (Å²) in [7, 11) is 1.74. The fourth-order valence-corrected chi connectivity index (χ4v) is 3.56. The van der Waals surface area contributed by atoms with Gasteiger partial charge in [-0.2, -0.15) is 0 Å². The first-order valence-corrected chi connectivity index (χ1v) is 10.7. The van der Waals surface area contributed by atoms with Crippen molar-refractivity contribution in [3.05, 3.63) is 35.9 Å². The zero-order valence-electron chi connectivity index (χ0n) is 18.6. The lowest BCUT2D eigenvalue weighted by atomic mass is 9.91. The Balaban J connectivity index is 2.72.